The molecule has 0 aromatic carbocycles. The van der Waals surface area contributed by atoms with Crippen LogP contribution in [-0.4, -0.2) is 11.0 Å². The minimum Gasteiger partial charge on any atom is -0.366 e. The zero-order valence-electron chi connectivity index (χ0n) is 9.70. The van der Waals surface area contributed by atoms with Gasteiger partial charge in [0, 0.05) is 12.2 Å². The third kappa shape index (κ3) is 2.69. The maximum Gasteiger partial charge on any atom is 0.144 e. The number of anilines is 1. The predicted octanol–water partition coefficient (Wildman–Crippen LogP) is 2.72. The number of pyridine rings is 1. The summed E-state index contributed by atoms with van der Waals surface area (Å²) in [5, 5.41) is 12.3. The van der Waals surface area contributed by atoms with Crippen LogP contribution in [0.25, 0.3) is 0 Å². The first-order valence-electron chi connectivity index (χ1n) is 5.18. The fraction of sp³-hybridized carbons (Fsp3) is 0.500. The van der Waals surface area contributed by atoms with Gasteiger partial charge in [0.2, 0.25) is 0 Å². The summed E-state index contributed by atoms with van der Waals surface area (Å²) in [4.78, 5) is 4.20. The van der Waals surface area contributed by atoms with Crippen molar-refractivity contribution >= 4 is 5.82 Å². The maximum atomic E-state index is 9.02. The van der Waals surface area contributed by atoms with E-state index in [1.165, 1.54) is 0 Å². The Labute approximate surface area is 91.1 Å². The number of hydrogen-bond donors (Lipinski definition) is 1. The Bertz CT molecular complexity index is 377. The van der Waals surface area contributed by atoms with E-state index in [1.54, 1.807) is 6.20 Å². The lowest BCUT2D eigenvalue weighted by Gasteiger charge is -2.19. The predicted molar refractivity (Wildman–Crippen MR) is 61.6 cm³/mol. The van der Waals surface area contributed by atoms with Gasteiger partial charge in [-0.1, -0.05) is 13.8 Å². The molecule has 80 valence electrons. The molecule has 1 unspecified atom stereocenters. The van der Waals surface area contributed by atoms with Crippen molar-refractivity contribution in [2.75, 3.05) is 5.32 Å². The third-order valence-electron chi connectivity index (χ3n) is 2.64. The van der Waals surface area contributed by atoms with Crippen molar-refractivity contribution in [3.05, 3.63) is 23.4 Å². The molecule has 1 rings (SSSR count). The van der Waals surface area contributed by atoms with Crippen LogP contribution >= 0.6 is 0 Å². The minimum absolute atomic E-state index is 0.311. The Balaban J connectivity index is 2.96. The van der Waals surface area contributed by atoms with Gasteiger partial charge in [0.05, 0.1) is 5.56 Å². The highest BCUT2D eigenvalue weighted by Crippen LogP contribution is 2.17. The molecule has 1 N–H and O–H groups in total. The quantitative estimate of drug-likeness (QED) is 0.821. The van der Waals surface area contributed by atoms with Crippen molar-refractivity contribution in [3.8, 4) is 6.07 Å². The van der Waals surface area contributed by atoms with Crippen molar-refractivity contribution in [2.45, 2.75) is 33.7 Å². The van der Waals surface area contributed by atoms with E-state index in [2.05, 4.69) is 37.1 Å². The van der Waals surface area contributed by atoms with Crippen LogP contribution in [0, 0.1) is 24.2 Å². The molecule has 0 fully saturated rings. The van der Waals surface area contributed by atoms with E-state index in [-0.39, 0.29) is 0 Å². The molecular weight excluding hydrogens is 186 g/mol. The molecule has 1 atom stereocenters. The Morgan fingerprint density at radius 2 is 2.07 bits per heavy atom. The van der Waals surface area contributed by atoms with Crippen molar-refractivity contribution in [2.24, 2.45) is 5.92 Å². The van der Waals surface area contributed by atoms with Crippen LogP contribution in [0.2, 0.25) is 0 Å². The molecule has 0 bridgehead atoms. The molecule has 0 amide bonds. The number of nitriles is 1. The van der Waals surface area contributed by atoms with Gasteiger partial charge in [-0.25, -0.2) is 4.98 Å². The van der Waals surface area contributed by atoms with Crippen LogP contribution in [0.4, 0.5) is 5.82 Å². The normalized spacial score (nSPS) is 12.3. The molecule has 3 nitrogen and oxygen atoms in total. The number of hydrogen-bond acceptors (Lipinski definition) is 3. The summed E-state index contributed by atoms with van der Waals surface area (Å²) in [5.41, 5.74) is 1.61. The Morgan fingerprint density at radius 1 is 1.40 bits per heavy atom. The highest BCUT2D eigenvalue weighted by molar-refractivity contribution is 5.55. The van der Waals surface area contributed by atoms with Crippen LogP contribution in [0.3, 0.4) is 0 Å². The van der Waals surface area contributed by atoms with Gasteiger partial charge in [0.25, 0.3) is 0 Å². The summed E-state index contributed by atoms with van der Waals surface area (Å²) in [6, 6.07) is 4.35. The second kappa shape index (κ2) is 4.79. The summed E-state index contributed by atoms with van der Waals surface area (Å²) in [6.07, 6.45) is 1.73. The second-order valence-electron chi connectivity index (χ2n) is 4.14. The van der Waals surface area contributed by atoms with E-state index in [9.17, 15) is 0 Å². The summed E-state index contributed by atoms with van der Waals surface area (Å²) in [7, 11) is 0. The van der Waals surface area contributed by atoms with Crippen LogP contribution in [-0.2, 0) is 0 Å². The van der Waals surface area contributed by atoms with Gasteiger partial charge in [0.1, 0.15) is 11.9 Å². The molecule has 1 heterocycles. The molecule has 0 aliphatic heterocycles. The lowest BCUT2D eigenvalue weighted by molar-refractivity contribution is 0.558. The molecule has 0 saturated carbocycles. The molecule has 0 saturated heterocycles. The molecule has 0 radical (unpaired) electrons. The van der Waals surface area contributed by atoms with Crippen molar-refractivity contribution in [3.63, 3.8) is 0 Å². The van der Waals surface area contributed by atoms with Crippen LogP contribution < -0.4 is 5.32 Å². The average Bonchev–Trinajstić information content (AvgIpc) is 2.18. The van der Waals surface area contributed by atoms with Gasteiger partial charge in [-0.3, -0.25) is 0 Å². The largest absolute Gasteiger partial charge is 0.366 e. The molecule has 3 heteroatoms. The van der Waals surface area contributed by atoms with E-state index >= 15 is 0 Å². The summed E-state index contributed by atoms with van der Waals surface area (Å²) < 4.78 is 0. The third-order valence-corrected chi connectivity index (χ3v) is 2.64. The zero-order chi connectivity index (χ0) is 11.4. The van der Waals surface area contributed by atoms with Crippen LogP contribution in [0.1, 0.15) is 31.9 Å². The van der Waals surface area contributed by atoms with Crippen molar-refractivity contribution in [1.29, 1.82) is 5.26 Å². The maximum absolute atomic E-state index is 9.02. The lowest BCUT2D eigenvalue weighted by atomic mass is 10.1. The number of aromatic nitrogens is 1. The number of aryl methyl sites for hydroxylation is 1. The first-order chi connectivity index (χ1) is 7.06. The molecule has 0 spiro atoms. The molecule has 0 aliphatic rings. The SMILES string of the molecule is Cc1ccnc(NC(C)C(C)C)c1C#N. The Hall–Kier alpha value is -1.56. The lowest BCUT2D eigenvalue weighted by Crippen LogP contribution is -2.22. The van der Waals surface area contributed by atoms with Crippen LogP contribution in [0.5, 0.6) is 0 Å². The average molecular weight is 203 g/mol. The van der Waals surface area contributed by atoms with E-state index in [0.717, 1.165) is 5.56 Å². The summed E-state index contributed by atoms with van der Waals surface area (Å²) in [6.45, 7) is 8.29. The fourth-order valence-electron chi connectivity index (χ4n) is 1.19. The molecule has 0 aliphatic carbocycles. The van der Waals surface area contributed by atoms with Gasteiger partial charge in [-0.05, 0) is 31.4 Å². The van der Waals surface area contributed by atoms with Crippen LogP contribution in [0.15, 0.2) is 12.3 Å². The molecule has 1 aromatic rings. The van der Waals surface area contributed by atoms with Gasteiger partial charge >= 0.3 is 0 Å². The van der Waals surface area contributed by atoms with Gasteiger partial charge < -0.3 is 5.32 Å². The second-order valence-corrected chi connectivity index (χ2v) is 4.14. The monoisotopic (exact) mass is 203 g/mol. The van der Waals surface area contributed by atoms with Gasteiger partial charge in [-0.2, -0.15) is 5.26 Å². The standard InChI is InChI=1S/C12H17N3/c1-8(2)10(4)15-12-11(7-13)9(3)5-6-14-12/h5-6,8,10H,1-4H3,(H,14,15). The highest BCUT2D eigenvalue weighted by Gasteiger charge is 2.11. The van der Waals surface area contributed by atoms with Gasteiger partial charge in [0.15, 0.2) is 0 Å². The first-order valence-corrected chi connectivity index (χ1v) is 5.18. The first kappa shape index (κ1) is 11.5. The van der Waals surface area contributed by atoms with E-state index in [4.69, 9.17) is 5.26 Å². The topological polar surface area (TPSA) is 48.7 Å². The van der Waals surface area contributed by atoms with E-state index in [1.807, 2.05) is 13.0 Å². The highest BCUT2D eigenvalue weighted by atomic mass is 15.0. The summed E-state index contributed by atoms with van der Waals surface area (Å²) >= 11 is 0. The van der Waals surface area contributed by atoms with Gasteiger partial charge in [-0.15, -0.1) is 0 Å². The fourth-order valence-corrected chi connectivity index (χ4v) is 1.19. The smallest absolute Gasteiger partial charge is 0.144 e. The molecular formula is C12H17N3. The Morgan fingerprint density at radius 3 is 2.60 bits per heavy atom. The minimum atomic E-state index is 0.311. The Kier molecular flexibility index (Phi) is 3.68. The van der Waals surface area contributed by atoms with Crippen molar-refractivity contribution < 1.29 is 0 Å². The zero-order valence-corrected chi connectivity index (χ0v) is 9.70. The number of nitrogens with one attached hydrogen (secondary N) is 1. The molecule has 15 heavy (non-hydrogen) atoms. The summed E-state index contributed by atoms with van der Waals surface area (Å²) in [5.74, 6) is 1.21. The number of rotatable bonds is 3. The molecule has 1 aromatic heterocycles. The van der Waals surface area contributed by atoms with E-state index < -0.39 is 0 Å². The van der Waals surface area contributed by atoms with Crippen molar-refractivity contribution in [1.82, 2.24) is 4.98 Å². The van der Waals surface area contributed by atoms with E-state index in [0.29, 0.717) is 23.3 Å². The number of nitrogens with zero attached hydrogens (tertiary/aromatic N) is 2.